The number of hydrogen-bond donors (Lipinski definition) is 1. The number of nitrogens with one attached hydrogen (secondary N) is 1. The maximum atomic E-state index is 10.6. The SMILES string of the molecule is O=CC1=C(Cl)Nc2ccccc2S1. The Balaban J connectivity index is 2.42. The Morgan fingerprint density at radius 1 is 1.38 bits per heavy atom. The number of para-hydroxylation sites is 1. The summed E-state index contributed by atoms with van der Waals surface area (Å²) in [6, 6.07) is 7.71. The van der Waals surface area contributed by atoms with Crippen LogP contribution in [-0.4, -0.2) is 6.29 Å². The number of aldehydes is 1. The van der Waals surface area contributed by atoms with Gasteiger partial charge in [0.2, 0.25) is 0 Å². The van der Waals surface area contributed by atoms with Gasteiger partial charge in [0.1, 0.15) is 5.16 Å². The molecule has 0 fully saturated rings. The number of allylic oxidation sites excluding steroid dienone is 1. The molecule has 1 aromatic rings. The normalized spacial score (nSPS) is 14.8. The van der Waals surface area contributed by atoms with E-state index in [2.05, 4.69) is 5.32 Å². The Bertz CT molecular complexity index is 389. The lowest BCUT2D eigenvalue weighted by Gasteiger charge is -2.17. The summed E-state index contributed by atoms with van der Waals surface area (Å²) in [5, 5.41) is 3.36. The summed E-state index contributed by atoms with van der Waals surface area (Å²) in [6.45, 7) is 0. The summed E-state index contributed by atoms with van der Waals surface area (Å²) in [5.41, 5.74) is 0.947. The second-order valence-electron chi connectivity index (χ2n) is 2.52. The fourth-order valence-corrected chi connectivity index (χ4v) is 2.14. The average molecular weight is 212 g/mol. The monoisotopic (exact) mass is 211 g/mol. The summed E-state index contributed by atoms with van der Waals surface area (Å²) in [7, 11) is 0. The van der Waals surface area contributed by atoms with Gasteiger partial charge in [-0.2, -0.15) is 0 Å². The first-order valence-corrected chi connectivity index (χ1v) is 4.89. The van der Waals surface area contributed by atoms with Gasteiger partial charge in [-0.25, -0.2) is 0 Å². The number of anilines is 1. The standard InChI is InChI=1S/C9H6ClNOS/c10-9-8(5-12)13-7-4-2-1-3-6(7)11-9/h1-5,11H. The zero-order chi connectivity index (χ0) is 9.26. The number of carbonyl (C=O) groups excluding carboxylic acids is 1. The number of carbonyl (C=O) groups is 1. The van der Waals surface area contributed by atoms with Crippen LogP contribution in [0.1, 0.15) is 0 Å². The van der Waals surface area contributed by atoms with E-state index in [-0.39, 0.29) is 0 Å². The molecule has 0 atom stereocenters. The Labute approximate surface area is 85.0 Å². The van der Waals surface area contributed by atoms with E-state index in [9.17, 15) is 4.79 Å². The second kappa shape index (κ2) is 3.44. The van der Waals surface area contributed by atoms with E-state index >= 15 is 0 Å². The minimum Gasteiger partial charge on any atom is -0.344 e. The van der Waals surface area contributed by atoms with E-state index in [4.69, 9.17) is 11.6 Å². The van der Waals surface area contributed by atoms with Gasteiger partial charge in [-0.15, -0.1) is 0 Å². The van der Waals surface area contributed by atoms with E-state index in [1.165, 1.54) is 11.8 Å². The molecule has 1 aliphatic heterocycles. The lowest BCUT2D eigenvalue weighted by Crippen LogP contribution is -2.03. The Morgan fingerprint density at radius 3 is 2.92 bits per heavy atom. The highest BCUT2D eigenvalue weighted by Crippen LogP contribution is 2.39. The first kappa shape index (κ1) is 8.66. The van der Waals surface area contributed by atoms with E-state index in [0.29, 0.717) is 10.1 Å². The molecule has 0 bridgehead atoms. The molecule has 4 heteroatoms. The van der Waals surface area contributed by atoms with Crippen LogP contribution >= 0.6 is 23.4 Å². The largest absolute Gasteiger partial charge is 0.344 e. The predicted molar refractivity (Wildman–Crippen MR) is 54.9 cm³/mol. The molecule has 66 valence electrons. The van der Waals surface area contributed by atoms with Crippen molar-refractivity contribution in [3.8, 4) is 0 Å². The quantitative estimate of drug-likeness (QED) is 0.572. The third-order valence-corrected chi connectivity index (χ3v) is 3.18. The summed E-state index contributed by atoms with van der Waals surface area (Å²) < 4.78 is 0. The average Bonchev–Trinajstić information content (AvgIpc) is 2.17. The maximum Gasteiger partial charge on any atom is 0.159 e. The van der Waals surface area contributed by atoms with Crippen LogP contribution < -0.4 is 5.32 Å². The topological polar surface area (TPSA) is 29.1 Å². The zero-order valence-corrected chi connectivity index (χ0v) is 8.15. The Hall–Kier alpha value is -0.930. The molecule has 0 saturated carbocycles. The van der Waals surface area contributed by atoms with Crippen molar-refractivity contribution in [1.29, 1.82) is 0 Å². The molecule has 1 heterocycles. The highest BCUT2D eigenvalue weighted by atomic mass is 35.5. The molecule has 0 aliphatic carbocycles. The molecule has 1 aliphatic rings. The van der Waals surface area contributed by atoms with Crippen molar-refractivity contribution in [3.05, 3.63) is 34.3 Å². The molecule has 0 radical (unpaired) electrons. The van der Waals surface area contributed by atoms with Gasteiger partial charge < -0.3 is 5.32 Å². The smallest absolute Gasteiger partial charge is 0.159 e. The molecule has 1 aromatic carbocycles. The lowest BCUT2D eigenvalue weighted by atomic mass is 10.3. The van der Waals surface area contributed by atoms with Crippen LogP contribution in [0.3, 0.4) is 0 Å². The second-order valence-corrected chi connectivity index (χ2v) is 3.98. The van der Waals surface area contributed by atoms with Crippen LogP contribution in [0.15, 0.2) is 39.2 Å². The molecule has 0 saturated heterocycles. The Kier molecular flexibility index (Phi) is 2.29. The molecular weight excluding hydrogens is 206 g/mol. The molecule has 13 heavy (non-hydrogen) atoms. The van der Waals surface area contributed by atoms with Crippen LogP contribution in [0, 0.1) is 0 Å². The summed E-state index contributed by atoms with van der Waals surface area (Å²) in [6.07, 6.45) is 0.760. The van der Waals surface area contributed by atoms with Crippen molar-refractivity contribution in [1.82, 2.24) is 0 Å². The molecule has 2 nitrogen and oxygen atoms in total. The van der Waals surface area contributed by atoms with Crippen LogP contribution in [0.5, 0.6) is 0 Å². The summed E-state index contributed by atoms with van der Waals surface area (Å²) >= 11 is 7.21. The van der Waals surface area contributed by atoms with Gasteiger partial charge in [-0.05, 0) is 12.1 Å². The summed E-state index contributed by atoms with van der Waals surface area (Å²) in [5.74, 6) is 0. The first-order chi connectivity index (χ1) is 6.31. The van der Waals surface area contributed by atoms with Crippen LogP contribution in [0.25, 0.3) is 0 Å². The van der Waals surface area contributed by atoms with E-state index < -0.39 is 0 Å². The summed E-state index contributed by atoms with van der Waals surface area (Å²) in [4.78, 5) is 12.1. The fraction of sp³-hybridized carbons (Fsp3) is 0. The van der Waals surface area contributed by atoms with Crippen LogP contribution in [0.4, 0.5) is 5.69 Å². The first-order valence-electron chi connectivity index (χ1n) is 3.70. The number of fused-ring (bicyclic) bond motifs is 1. The molecule has 1 N–H and O–H groups in total. The van der Waals surface area contributed by atoms with E-state index in [1.807, 2.05) is 24.3 Å². The molecule has 0 spiro atoms. The third kappa shape index (κ3) is 1.57. The van der Waals surface area contributed by atoms with Crippen molar-refractivity contribution in [2.75, 3.05) is 5.32 Å². The molecule has 0 unspecified atom stereocenters. The maximum absolute atomic E-state index is 10.6. The van der Waals surface area contributed by atoms with Gasteiger partial charge in [-0.1, -0.05) is 35.5 Å². The Morgan fingerprint density at radius 2 is 2.15 bits per heavy atom. The highest BCUT2D eigenvalue weighted by Gasteiger charge is 2.15. The van der Waals surface area contributed by atoms with Crippen molar-refractivity contribution >= 4 is 35.3 Å². The predicted octanol–water partition coefficient (Wildman–Crippen LogP) is 2.81. The minimum atomic E-state index is 0.402. The zero-order valence-electron chi connectivity index (χ0n) is 6.58. The van der Waals surface area contributed by atoms with Gasteiger partial charge in [0.15, 0.2) is 6.29 Å². The van der Waals surface area contributed by atoms with Crippen LogP contribution in [0.2, 0.25) is 0 Å². The van der Waals surface area contributed by atoms with Crippen molar-refractivity contribution in [2.45, 2.75) is 4.90 Å². The number of benzene rings is 1. The minimum absolute atomic E-state index is 0.402. The number of halogens is 1. The third-order valence-electron chi connectivity index (χ3n) is 1.67. The van der Waals surface area contributed by atoms with Gasteiger partial charge in [0.25, 0.3) is 0 Å². The lowest BCUT2D eigenvalue weighted by molar-refractivity contribution is -0.104. The van der Waals surface area contributed by atoms with Gasteiger partial charge >= 0.3 is 0 Å². The molecular formula is C9H6ClNOS. The van der Waals surface area contributed by atoms with Crippen molar-refractivity contribution < 1.29 is 4.79 Å². The van der Waals surface area contributed by atoms with Crippen LogP contribution in [-0.2, 0) is 4.79 Å². The highest BCUT2D eigenvalue weighted by molar-refractivity contribution is 8.04. The molecule has 0 aromatic heterocycles. The van der Waals surface area contributed by atoms with Crippen molar-refractivity contribution in [2.24, 2.45) is 0 Å². The molecule has 0 amide bonds. The van der Waals surface area contributed by atoms with Gasteiger partial charge in [-0.3, -0.25) is 4.79 Å². The van der Waals surface area contributed by atoms with Crippen molar-refractivity contribution in [3.63, 3.8) is 0 Å². The number of thioether (sulfide) groups is 1. The molecule has 2 rings (SSSR count). The fourth-order valence-electron chi connectivity index (χ4n) is 1.08. The van der Waals surface area contributed by atoms with E-state index in [0.717, 1.165) is 16.9 Å². The van der Waals surface area contributed by atoms with Gasteiger partial charge in [0.05, 0.1) is 10.6 Å². The number of rotatable bonds is 1. The van der Waals surface area contributed by atoms with Gasteiger partial charge in [0, 0.05) is 4.90 Å². The number of hydrogen-bond acceptors (Lipinski definition) is 3. The van der Waals surface area contributed by atoms with E-state index in [1.54, 1.807) is 0 Å².